The van der Waals surface area contributed by atoms with Gasteiger partial charge in [-0.1, -0.05) is 29.8 Å². The number of benzene rings is 2. The summed E-state index contributed by atoms with van der Waals surface area (Å²) >= 11 is 0. The van der Waals surface area contributed by atoms with Gasteiger partial charge in [-0.2, -0.15) is 0 Å². The summed E-state index contributed by atoms with van der Waals surface area (Å²) in [5.74, 6) is -0.198. The molecule has 28 heavy (non-hydrogen) atoms. The second-order valence-electron chi connectivity index (χ2n) is 6.73. The monoisotopic (exact) mass is 378 g/mol. The van der Waals surface area contributed by atoms with Crippen molar-refractivity contribution in [1.29, 1.82) is 0 Å². The first-order chi connectivity index (χ1) is 13.3. The molecule has 0 aliphatic carbocycles. The Kier molecular flexibility index (Phi) is 5.54. The Balaban J connectivity index is 1.69. The quantitative estimate of drug-likeness (QED) is 0.737. The molecule has 0 fully saturated rings. The van der Waals surface area contributed by atoms with Crippen LogP contribution in [0.2, 0.25) is 0 Å². The molecule has 0 saturated carbocycles. The molecule has 1 heterocycles. The number of fused-ring (bicyclic) bond motifs is 1. The number of aryl methyl sites for hydroxylation is 2. The number of hydrogen-bond donors (Lipinski definition) is 1. The fourth-order valence-corrected chi connectivity index (χ4v) is 2.86. The number of carbonyl (C=O) groups excluding carboxylic acids is 2. The van der Waals surface area contributed by atoms with Gasteiger partial charge in [0.25, 0.3) is 5.56 Å². The van der Waals surface area contributed by atoms with Crippen molar-refractivity contribution in [1.82, 2.24) is 14.5 Å². The molecule has 2 aromatic carbocycles. The van der Waals surface area contributed by atoms with Gasteiger partial charge in [0.1, 0.15) is 12.4 Å². The third-order valence-corrected chi connectivity index (χ3v) is 4.49. The molecule has 3 rings (SSSR count). The van der Waals surface area contributed by atoms with E-state index in [4.69, 9.17) is 0 Å². The first-order valence-electron chi connectivity index (χ1n) is 8.92. The van der Waals surface area contributed by atoms with E-state index < -0.39 is 0 Å². The summed E-state index contributed by atoms with van der Waals surface area (Å²) in [6.07, 6.45) is 0. The third kappa shape index (κ3) is 4.25. The molecule has 1 aromatic heterocycles. The zero-order valence-electron chi connectivity index (χ0n) is 16.1. The second-order valence-corrected chi connectivity index (χ2v) is 6.73. The Labute approximate surface area is 162 Å². The molecule has 0 saturated heterocycles. The zero-order valence-corrected chi connectivity index (χ0v) is 16.1. The summed E-state index contributed by atoms with van der Waals surface area (Å²) in [7, 11) is 1.53. The molecule has 0 bridgehead atoms. The molecule has 0 spiro atoms. The van der Waals surface area contributed by atoms with E-state index in [2.05, 4.69) is 10.3 Å². The van der Waals surface area contributed by atoms with Gasteiger partial charge in [-0.15, -0.1) is 0 Å². The average molecular weight is 378 g/mol. The number of nitrogens with zero attached hydrogens (tertiary/aromatic N) is 3. The van der Waals surface area contributed by atoms with Crippen molar-refractivity contribution >= 4 is 28.4 Å². The average Bonchev–Trinajstić information content (AvgIpc) is 2.66. The Morgan fingerprint density at radius 3 is 2.46 bits per heavy atom. The highest BCUT2D eigenvalue weighted by Crippen LogP contribution is 2.09. The summed E-state index contributed by atoms with van der Waals surface area (Å²) in [6.45, 7) is 3.37. The van der Waals surface area contributed by atoms with E-state index in [1.54, 1.807) is 37.3 Å². The highest BCUT2D eigenvalue weighted by atomic mass is 16.2. The molecule has 7 heteroatoms. The van der Waals surface area contributed by atoms with Crippen LogP contribution >= 0.6 is 0 Å². The lowest BCUT2D eigenvalue weighted by atomic mass is 10.2. The summed E-state index contributed by atoms with van der Waals surface area (Å²) in [4.78, 5) is 43.1. The lowest BCUT2D eigenvalue weighted by Crippen LogP contribution is -2.39. The van der Waals surface area contributed by atoms with Crippen molar-refractivity contribution < 1.29 is 9.59 Å². The minimum absolute atomic E-state index is 0.110. The maximum Gasteiger partial charge on any atom is 0.261 e. The molecule has 7 nitrogen and oxygen atoms in total. The van der Waals surface area contributed by atoms with Crippen molar-refractivity contribution in [2.45, 2.75) is 20.4 Å². The van der Waals surface area contributed by atoms with Crippen molar-refractivity contribution in [2.24, 2.45) is 0 Å². The number of likely N-dealkylation sites (N-methyl/N-ethyl adjacent to an activating group) is 1. The van der Waals surface area contributed by atoms with Gasteiger partial charge in [-0.25, -0.2) is 4.98 Å². The maximum atomic E-state index is 12.7. The first-order valence-corrected chi connectivity index (χ1v) is 8.92. The molecule has 0 aliphatic rings. The van der Waals surface area contributed by atoms with Crippen LogP contribution < -0.4 is 10.9 Å². The normalized spacial score (nSPS) is 10.7. The Morgan fingerprint density at radius 2 is 1.75 bits per heavy atom. The van der Waals surface area contributed by atoms with Crippen LogP contribution in [0.25, 0.3) is 10.9 Å². The summed E-state index contributed by atoms with van der Waals surface area (Å²) in [5, 5.41) is 3.21. The highest BCUT2D eigenvalue weighted by Gasteiger charge is 2.16. The minimum Gasteiger partial charge on any atom is -0.335 e. The number of aromatic nitrogens is 2. The fourth-order valence-electron chi connectivity index (χ4n) is 2.86. The summed E-state index contributed by atoms with van der Waals surface area (Å²) in [5.41, 5.74) is 2.09. The number of carbonyl (C=O) groups is 2. The van der Waals surface area contributed by atoms with Crippen LogP contribution in [0.5, 0.6) is 0 Å². The van der Waals surface area contributed by atoms with Gasteiger partial charge in [0.15, 0.2) is 0 Å². The van der Waals surface area contributed by atoms with Crippen molar-refractivity contribution in [3.8, 4) is 0 Å². The van der Waals surface area contributed by atoms with E-state index in [1.165, 1.54) is 16.5 Å². The molecule has 0 unspecified atom stereocenters. The van der Waals surface area contributed by atoms with Crippen molar-refractivity contribution in [3.05, 3.63) is 70.3 Å². The van der Waals surface area contributed by atoms with E-state index in [-0.39, 0.29) is 30.5 Å². The number of nitrogens with one attached hydrogen (secondary N) is 1. The van der Waals surface area contributed by atoms with Gasteiger partial charge < -0.3 is 10.2 Å². The first kappa shape index (κ1) is 19.3. The molecule has 1 N–H and O–H groups in total. The van der Waals surface area contributed by atoms with Crippen LogP contribution in [0.15, 0.2) is 53.3 Å². The van der Waals surface area contributed by atoms with E-state index in [9.17, 15) is 14.4 Å². The largest absolute Gasteiger partial charge is 0.335 e. The van der Waals surface area contributed by atoms with Gasteiger partial charge in [0.2, 0.25) is 11.8 Å². The lowest BCUT2D eigenvalue weighted by Gasteiger charge is -2.18. The molecule has 144 valence electrons. The van der Waals surface area contributed by atoms with Crippen LogP contribution in [0, 0.1) is 13.8 Å². The summed E-state index contributed by atoms with van der Waals surface area (Å²) < 4.78 is 1.33. The predicted octanol–water partition coefficient (Wildman–Crippen LogP) is 2.11. The Bertz CT molecular complexity index is 1090. The van der Waals surface area contributed by atoms with Crippen molar-refractivity contribution in [3.63, 3.8) is 0 Å². The standard InChI is InChI=1S/C21H22N4O3/c1-14-8-10-16(11-9-14)23-19(26)12-24(3)20(27)13-25-15(2)22-18-7-5-4-6-17(18)21(25)28/h4-11H,12-13H2,1-3H3,(H,23,26). The minimum atomic E-state index is -0.346. The van der Waals surface area contributed by atoms with Gasteiger partial charge in [-0.3, -0.25) is 19.0 Å². The van der Waals surface area contributed by atoms with Gasteiger partial charge in [0, 0.05) is 12.7 Å². The van der Waals surface area contributed by atoms with Gasteiger partial charge >= 0.3 is 0 Å². The predicted molar refractivity (Wildman–Crippen MR) is 108 cm³/mol. The molecule has 0 atom stereocenters. The van der Waals surface area contributed by atoms with E-state index in [0.29, 0.717) is 22.4 Å². The van der Waals surface area contributed by atoms with Crippen LogP contribution in [0.3, 0.4) is 0 Å². The van der Waals surface area contributed by atoms with Gasteiger partial charge in [-0.05, 0) is 38.1 Å². The SMILES string of the molecule is Cc1ccc(NC(=O)CN(C)C(=O)Cn2c(C)nc3ccccc3c2=O)cc1. The molecule has 2 amide bonds. The number of rotatable bonds is 5. The number of para-hydroxylation sites is 1. The smallest absolute Gasteiger partial charge is 0.261 e. The molecule has 0 aliphatic heterocycles. The highest BCUT2D eigenvalue weighted by molar-refractivity contribution is 5.94. The molecule has 3 aromatic rings. The topological polar surface area (TPSA) is 84.3 Å². The number of hydrogen-bond acceptors (Lipinski definition) is 4. The summed E-state index contributed by atoms with van der Waals surface area (Å²) in [6, 6.07) is 14.4. The Hall–Kier alpha value is -3.48. The van der Waals surface area contributed by atoms with E-state index >= 15 is 0 Å². The van der Waals surface area contributed by atoms with Crippen LogP contribution in [0.1, 0.15) is 11.4 Å². The molecular weight excluding hydrogens is 356 g/mol. The van der Waals surface area contributed by atoms with Crippen molar-refractivity contribution in [2.75, 3.05) is 18.9 Å². The molecule has 0 radical (unpaired) electrons. The van der Waals surface area contributed by atoms with Crippen LogP contribution in [-0.2, 0) is 16.1 Å². The van der Waals surface area contributed by atoms with Crippen LogP contribution in [0.4, 0.5) is 5.69 Å². The maximum absolute atomic E-state index is 12.7. The van der Waals surface area contributed by atoms with Gasteiger partial charge in [0.05, 0.1) is 17.4 Å². The molecular formula is C21H22N4O3. The van der Waals surface area contributed by atoms with E-state index in [1.807, 2.05) is 25.1 Å². The zero-order chi connectivity index (χ0) is 20.3. The lowest BCUT2D eigenvalue weighted by molar-refractivity contribution is -0.133. The Morgan fingerprint density at radius 1 is 1.07 bits per heavy atom. The number of anilines is 1. The van der Waals surface area contributed by atoms with Crippen LogP contribution in [-0.4, -0.2) is 39.9 Å². The van der Waals surface area contributed by atoms with E-state index in [0.717, 1.165) is 5.56 Å². The fraction of sp³-hybridized carbons (Fsp3) is 0.238. The number of amides is 2. The third-order valence-electron chi connectivity index (χ3n) is 4.49. The second kappa shape index (κ2) is 8.04.